The van der Waals surface area contributed by atoms with Crippen molar-refractivity contribution in [2.45, 2.75) is 20.8 Å². The molecule has 0 saturated carbocycles. The molecule has 0 heterocycles. The average Bonchev–Trinajstić information content (AvgIpc) is 2.43. The molecule has 2 N–H and O–H groups in total. The molecule has 0 bridgehead atoms. The van der Waals surface area contributed by atoms with Gasteiger partial charge in [0.15, 0.2) is 5.75 Å². The molecule has 2 aromatic rings. The van der Waals surface area contributed by atoms with Gasteiger partial charge in [-0.25, -0.2) is 0 Å². The number of halogens is 2. The Morgan fingerprint density at radius 3 is 2.18 bits per heavy atom. The smallest absolute Gasteiger partial charge is 0.158 e. The Labute approximate surface area is 140 Å². The number of nitrogens with zero attached hydrogens (tertiary/aromatic N) is 1. The Balaban J connectivity index is 2.40. The first-order valence-electron chi connectivity index (χ1n) is 6.84. The van der Waals surface area contributed by atoms with E-state index < -0.39 is 0 Å². The summed E-state index contributed by atoms with van der Waals surface area (Å²) in [6.07, 6.45) is 0. The molecule has 0 radical (unpaired) electrons. The van der Waals surface area contributed by atoms with Gasteiger partial charge in [-0.05, 0) is 42.5 Å². The van der Waals surface area contributed by atoms with E-state index in [1.165, 1.54) is 0 Å². The first-order chi connectivity index (χ1) is 10.3. The van der Waals surface area contributed by atoms with Crippen LogP contribution in [0.2, 0.25) is 10.0 Å². The molecule has 0 unspecified atom stereocenters. The molecule has 0 saturated heterocycles. The van der Waals surface area contributed by atoms with E-state index in [0.717, 1.165) is 11.3 Å². The van der Waals surface area contributed by atoms with Gasteiger partial charge in [0.1, 0.15) is 0 Å². The number of benzene rings is 2. The number of oxime groups is 1. The zero-order valence-electron chi connectivity index (χ0n) is 12.7. The van der Waals surface area contributed by atoms with E-state index in [9.17, 15) is 0 Å². The quantitative estimate of drug-likeness (QED) is 0.463. The highest BCUT2D eigenvalue weighted by atomic mass is 35.5. The third kappa shape index (κ3) is 4.15. The Kier molecular flexibility index (Phi) is 4.99. The van der Waals surface area contributed by atoms with Crippen LogP contribution in [0.1, 0.15) is 26.3 Å². The predicted octanol–water partition coefficient (Wildman–Crippen LogP) is 5.40. The van der Waals surface area contributed by atoms with Crippen LogP contribution in [0, 0.1) is 5.41 Å². The van der Waals surface area contributed by atoms with E-state index in [1.807, 2.05) is 20.8 Å². The van der Waals surface area contributed by atoms with Gasteiger partial charge < -0.3 is 10.6 Å². The van der Waals surface area contributed by atoms with E-state index >= 15 is 0 Å². The molecule has 0 aliphatic rings. The van der Waals surface area contributed by atoms with Crippen molar-refractivity contribution in [3.63, 3.8) is 0 Å². The maximum Gasteiger partial charge on any atom is 0.158 e. The van der Waals surface area contributed by atoms with Crippen molar-refractivity contribution < 1.29 is 4.84 Å². The molecule has 0 fully saturated rings. The molecule has 2 rings (SSSR count). The lowest BCUT2D eigenvalue weighted by molar-refractivity contribution is 0.333. The van der Waals surface area contributed by atoms with Crippen molar-refractivity contribution in [3.8, 4) is 5.75 Å². The average molecular weight is 337 g/mol. The fourth-order valence-electron chi connectivity index (χ4n) is 1.92. The van der Waals surface area contributed by atoms with E-state index in [0.29, 0.717) is 21.5 Å². The topological polar surface area (TPSA) is 47.6 Å². The molecule has 0 atom stereocenters. The summed E-state index contributed by atoms with van der Waals surface area (Å²) in [4.78, 5) is 5.53. The standard InChI is InChI=1S/C17H18Cl2N2O/c1-17(2,3)16(14-10-12(19)6-9-15(14)20)21-22-13-7-4-11(18)5-8-13/h4-10H,20H2,1-3H3/b21-16-. The summed E-state index contributed by atoms with van der Waals surface area (Å²) in [5.41, 5.74) is 7.91. The summed E-state index contributed by atoms with van der Waals surface area (Å²) in [7, 11) is 0. The summed E-state index contributed by atoms with van der Waals surface area (Å²) in [5, 5.41) is 5.55. The number of hydrogen-bond acceptors (Lipinski definition) is 3. The minimum absolute atomic E-state index is 0.259. The third-order valence-corrected chi connectivity index (χ3v) is 3.52. The van der Waals surface area contributed by atoms with Gasteiger partial charge in [-0.15, -0.1) is 0 Å². The summed E-state index contributed by atoms with van der Waals surface area (Å²) in [5.74, 6) is 0.603. The monoisotopic (exact) mass is 336 g/mol. The van der Waals surface area contributed by atoms with Crippen molar-refractivity contribution in [2.24, 2.45) is 10.6 Å². The second-order valence-electron chi connectivity index (χ2n) is 5.97. The molecule has 0 aliphatic heterocycles. The lowest BCUT2D eigenvalue weighted by atomic mass is 9.85. The fourth-order valence-corrected chi connectivity index (χ4v) is 2.22. The van der Waals surface area contributed by atoms with Crippen molar-refractivity contribution in [3.05, 3.63) is 58.1 Å². The normalized spacial score (nSPS) is 12.3. The minimum atomic E-state index is -0.259. The molecule has 0 spiro atoms. The maximum absolute atomic E-state index is 6.08. The molecule has 22 heavy (non-hydrogen) atoms. The molecular weight excluding hydrogens is 319 g/mol. The minimum Gasteiger partial charge on any atom is -0.398 e. The van der Waals surface area contributed by atoms with E-state index in [2.05, 4.69) is 5.16 Å². The third-order valence-electron chi connectivity index (χ3n) is 3.04. The van der Waals surface area contributed by atoms with Gasteiger partial charge in [-0.1, -0.05) is 49.1 Å². The van der Waals surface area contributed by atoms with Gasteiger partial charge >= 0.3 is 0 Å². The molecule has 0 aromatic heterocycles. The van der Waals surface area contributed by atoms with Gasteiger partial charge in [0.25, 0.3) is 0 Å². The van der Waals surface area contributed by atoms with Gasteiger partial charge in [-0.3, -0.25) is 0 Å². The zero-order valence-corrected chi connectivity index (χ0v) is 14.2. The van der Waals surface area contributed by atoms with Crippen LogP contribution in [0.4, 0.5) is 5.69 Å². The van der Waals surface area contributed by atoms with Crippen molar-refractivity contribution in [1.29, 1.82) is 0 Å². The molecule has 0 aliphatic carbocycles. The van der Waals surface area contributed by atoms with Crippen LogP contribution in [0.5, 0.6) is 5.75 Å². The van der Waals surface area contributed by atoms with Gasteiger partial charge in [-0.2, -0.15) is 0 Å². The summed E-state index contributed by atoms with van der Waals surface area (Å²) < 4.78 is 0. The van der Waals surface area contributed by atoms with E-state index in [-0.39, 0.29) is 5.41 Å². The van der Waals surface area contributed by atoms with Crippen LogP contribution in [-0.2, 0) is 0 Å². The zero-order chi connectivity index (χ0) is 16.3. The van der Waals surface area contributed by atoms with Crippen LogP contribution < -0.4 is 10.6 Å². The fraction of sp³-hybridized carbons (Fsp3) is 0.235. The lowest BCUT2D eigenvalue weighted by Crippen LogP contribution is -2.23. The molecular formula is C17H18Cl2N2O. The number of rotatable bonds is 3. The Hall–Kier alpha value is -1.71. The van der Waals surface area contributed by atoms with E-state index in [1.54, 1.807) is 42.5 Å². The first-order valence-corrected chi connectivity index (χ1v) is 7.59. The van der Waals surface area contributed by atoms with Crippen LogP contribution in [0.15, 0.2) is 47.6 Å². The number of anilines is 1. The highest BCUT2D eigenvalue weighted by molar-refractivity contribution is 6.31. The molecule has 0 amide bonds. The number of nitrogen functional groups attached to an aromatic ring is 1. The van der Waals surface area contributed by atoms with Gasteiger partial charge in [0, 0.05) is 26.7 Å². The Morgan fingerprint density at radius 2 is 1.59 bits per heavy atom. The SMILES string of the molecule is CC(C)(C)/C(=N\Oc1ccc(Cl)cc1)c1cc(Cl)ccc1N. The molecule has 5 heteroatoms. The van der Waals surface area contributed by atoms with Gasteiger partial charge in [0.2, 0.25) is 0 Å². The second-order valence-corrected chi connectivity index (χ2v) is 6.84. The van der Waals surface area contributed by atoms with Crippen molar-refractivity contribution in [1.82, 2.24) is 0 Å². The number of nitrogens with two attached hydrogens (primary N) is 1. The van der Waals surface area contributed by atoms with Crippen LogP contribution in [-0.4, -0.2) is 5.71 Å². The van der Waals surface area contributed by atoms with Crippen LogP contribution in [0.25, 0.3) is 0 Å². The lowest BCUT2D eigenvalue weighted by Gasteiger charge is -2.22. The summed E-state index contributed by atoms with van der Waals surface area (Å²) in [6.45, 7) is 6.12. The highest BCUT2D eigenvalue weighted by Crippen LogP contribution is 2.28. The van der Waals surface area contributed by atoms with Crippen LogP contribution >= 0.6 is 23.2 Å². The first kappa shape index (κ1) is 16.7. The second kappa shape index (κ2) is 6.59. The summed E-state index contributed by atoms with van der Waals surface area (Å²) >= 11 is 11.9. The van der Waals surface area contributed by atoms with Gasteiger partial charge in [0.05, 0.1) is 5.71 Å². The summed E-state index contributed by atoms with van der Waals surface area (Å²) in [6, 6.07) is 12.3. The molecule has 116 valence electrons. The molecule has 2 aromatic carbocycles. The van der Waals surface area contributed by atoms with E-state index in [4.69, 9.17) is 33.8 Å². The predicted molar refractivity (Wildman–Crippen MR) is 93.9 cm³/mol. The largest absolute Gasteiger partial charge is 0.398 e. The number of hydrogen-bond donors (Lipinski definition) is 1. The van der Waals surface area contributed by atoms with Crippen molar-refractivity contribution >= 4 is 34.6 Å². The van der Waals surface area contributed by atoms with Crippen molar-refractivity contribution in [2.75, 3.05) is 5.73 Å². The molecule has 3 nitrogen and oxygen atoms in total. The Morgan fingerprint density at radius 1 is 1.00 bits per heavy atom. The highest BCUT2D eigenvalue weighted by Gasteiger charge is 2.24. The van der Waals surface area contributed by atoms with Crippen LogP contribution in [0.3, 0.4) is 0 Å². The Bertz CT molecular complexity index is 689. The maximum atomic E-state index is 6.08.